The summed E-state index contributed by atoms with van der Waals surface area (Å²) >= 11 is 0. The molecular weight excluding hydrogens is 617 g/mol. The lowest BCUT2D eigenvalue weighted by atomic mass is 9.69. The summed E-state index contributed by atoms with van der Waals surface area (Å²) in [7, 11) is 0. The first-order chi connectivity index (χ1) is 25.3. The molecular formula is C49H34N2. The number of rotatable bonds is 4. The topological polar surface area (TPSA) is 17.8 Å². The summed E-state index contributed by atoms with van der Waals surface area (Å²) in [4.78, 5) is 5.02. The van der Waals surface area contributed by atoms with E-state index in [1.165, 1.54) is 77.2 Å². The maximum Gasteiger partial charge on any atom is 0.114 e. The summed E-state index contributed by atoms with van der Waals surface area (Å²) in [6, 6.07) is 61.2. The molecule has 0 aliphatic heterocycles. The molecule has 240 valence electrons. The van der Waals surface area contributed by atoms with Crippen molar-refractivity contribution in [1.82, 2.24) is 9.55 Å². The molecule has 0 unspecified atom stereocenters. The van der Waals surface area contributed by atoms with Gasteiger partial charge in [0, 0.05) is 12.1 Å². The highest BCUT2D eigenvalue weighted by Crippen LogP contribution is 2.64. The number of benzene rings is 8. The van der Waals surface area contributed by atoms with Gasteiger partial charge in [-0.1, -0.05) is 128 Å². The molecule has 2 heteroatoms. The van der Waals surface area contributed by atoms with Crippen LogP contribution in [-0.4, -0.2) is 9.55 Å². The lowest BCUT2D eigenvalue weighted by Crippen LogP contribution is -2.26. The maximum absolute atomic E-state index is 5.02. The van der Waals surface area contributed by atoms with Gasteiger partial charge in [-0.05, 0) is 126 Å². The lowest BCUT2D eigenvalue weighted by molar-refractivity contribution is 0.796. The van der Waals surface area contributed by atoms with Crippen molar-refractivity contribution in [3.63, 3.8) is 0 Å². The van der Waals surface area contributed by atoms with Crippen molar-refractivity contribution in [3.05, 3.63) is 192 Å². The maximum atomic E-state index is 5.02. The third-order valence-electron chi connectivity index (χ3n) is 11.5. The minimum absolute atomic E-state index is 0.425. The molecule has 51 heavy (non-hydrogen) atoms. The van der Waals surface area contributed by atoms with Crippen LogP contribution in [0.25, 0.3) is 71.6 Å². The van der Waals surface area contributed by atoms with Crippen molar-refractivity contribution in [2.45, 2.75) is 25.2 Å². The van der Waals surface area contributed by atoms with Gasteiger partial charge in [-0.25, -0.2) is 4.98 Å². The molecule has 1 heterocycles. The van der Waals surface area contributed by atoms with Gasteiger partial charge in [0.1, 0.15) is 5.82 Å². The minimum atomic E-state index is -0.425. The molecule has 2 aliphatic rings. The van der Waals surface area contributed by atoms with Crippen molar-refractivity contribution < 1.29 is 0 Å². The predicted molar refractivity (Wildman–Crippen MR) is 212 cm³/mol. The molecule has 0 amide bonds. The van der Waals surface area contributed by atoms with Crippen molar-refractivity contribution in [2.75, 3.05) is 0 Å². The van der Waals surface area contributed by atoms with Gasteiger partial charge in [0.2, 0.25) is 0 Å². The van der Waals surface area contributed by atoms with Crippen molar-refractivity contribution >= 4 is 32.6 Å². The fourth-order valence-electron chi connectivity index (χ4n) is 9.46. The Hall–Kier alpha value is -6.25. The molecule has 0 N–H and O–H groups in total. The van der Waals surface area contributed by atoms with E-state index in [0.29, 0.717) is 0 Å². The Labute approximate surface area is 297 Å². The van der Waals surface area contributed by atoms with Gasteiger partial charge >= 0.3 is 0 Å². The highest BCUT2D eigenvalue weighted by molar-refractivity contribution is 6.12. The Kier molecular flexibility index (Phi) is 5.95. The zero-order valence-electron chi connectivity index (χ0n) is 28.4. The van der Waals surface area contributed by atoms with E-state index in [1.54, 1.807) is 0 Å². The predicted octanol–water partition coefficient (Wildman–Crippen LogP) is 12.3. The quantitative estimate of drug-likeness (QED) is 0.185. The van der Waals surface area contributed by atoms with Crippen LogP contribution in [0.2, 0.25) is 0 Å². The number of aryl methyl sites for hydroxylation is 1. The van der Waals surface area contributed by atoms with Crippen LogP contribution in [0, 0.1) is 0 Å². The molecule has 0 fully saturated rings. The van der Waals surface area contributed by atoms with Crippen LogP contribution in [0.1, 0.15) is 41.4 Å². The molecule has 2 nitrogen and oxygen atoms in total. The van der Waals surface area contributed by atoms with Crippen LogP contribution in [0.3, 0.4) is 0 Å². The van der Waals surface area contributed by atoms with Gasteiger partial charge in [0.15, 0.2) is 0 Å². The van der Waals surface area contributed by atoms with E-state index in [0.717, 1.165) is 35.4 Å². The Bertz CT molecular complexity index is 2830. The summed E-state index contributed by atoms with van der Waals surface area (Å²) in [6.07, 6.45) is 1.99. The Morgan fingerprint density at radius 2 is 1.14 bits per heavy atom. The highest BCUT2D eigenvalue weighted by atomic mass is 15.1. The highest BCUT2D eigenvalue weighted by Gasteiger charge is 2.52. The van der Waals surface area contributed by atoms with E-state index >= 15 is 0 Å². The van der Waals surface area contributed by atoms with Crippen LogP contribution in [-0.2, 0) is 11.8 Å². The molecule has 11 rings (SSSR count). The van der Waals surface area contributed by atoms with Crippen LogP contribution in [0.5, 0.6) is 0 Å². The molecule has 2 aliphatic carbocycles. The number of nitrogens with zero attached hydrogens (tertiary/aromatic N) is 2. The van der Waals surface area contributed by atoms with E-state index in [-0.39, 0.29) is 0 Å². The molecule has 1 spiro atoms. The number of fused-ring (bicyclic) bond motifs is 14. The number of hydrogen-bond donors (Lipinski definition) is 0. The summed E-state index contributed by atoms with van der Waals surface area (Å²) in [5.74, 6) is 1.11. The summed E-state index contributed by atoms with van der Waals surface area (Å²) in [5.41, 5.74) is 16.2. The Morgan fingerprint density at radius 1 is 0.510 bits per heavy atom. The first-order valence-corrected chi connectivity index (χ1v) is 18.1. The second-order valence-corrected chi connectivity index (χ2v) is 14.1. The van der Waals surface area contributed by atoms with E-state index in [1.807, 2.05) is 0 Å². The van der Waals surface area contributed by atoms with Crippen molar-refractivity contribution in [1.29, 1.82) is 0 Å². The second-order valence-electron chi connectivity index (χ2n) is 14.1. The monoisotopic (exact) mass is 650 g/mol. The van der Waals surface area contributed by atoms with Gasteiger partial charge in [-0.15, -0.1) is 0 Å². The molecule has 0 bridgehead atoms. The van der Waals surface area contributed by atoms with Crippen LogP contribution < -0.4 is 0 Å². The number of para-hydroxylation sites is 2. The van der Waals surface area contributed by atoms with E-state index in [4.69, 9.17) is 4.98 Å². The standard InChI is InChI=1S/C49H34N2/c1-2-13-47-50-45-22-11-12-23-46(45)51(47)34-26-24-31(25-27-34)39-30-44-48(38-19-6-5-16-35(38)39)40-28-32-14-3-4-15-33(32)29-43(40)49(44)41-20-9-7-17-36(41)37-18-8-10-21-42(37)49/h3-12,14-30H,2,13H2,1H3. The number of aromatic nitrogens is 2. The average Bonchev–Trinajstić information content (AvgIpc) is 3.80. The van der Waals surface area contributed by atoms with Crippen LogP contribution >= 0.6 is 0 Å². The average molecular weight is 651 g/mol. The second kappa shape index (κ2) is 10.6. The summed E-state index contributed by atoms with van der Waals surface area (Å²) < 4.78 is 2.34. The normalized spacial score (nSPS) is 13.5. The smallest absolute Gasteiger partial charge is 0.114 e. The van der Waals surface area contributed by atoms with Crippen LogP contribution in [0.15, 0.2) is 164 Å². The zero-order chi connectivity index (χ0) is 33.7. The van der Waals surface area contributed by atoms with Crippen LogP contribution in [0.4, 0.5) is 0 Å². The molecule has 0 saturated heterocycles. The van der Waals surface area contributed by atoms with Gasteiger partial charge < -0.3 is 0 Å². The number of imidazole rings is 1. The fraction of sp³-hybridized carbons (Fsp3) is 0.0816. The lowest BCUT2D eigenvalue weighted by Gasteiger charge is -2.31. The van der Waals surface area contributed by atoms with E-state index in [2.05, 4.69) is 175 Å². The van der Waals surface area contributed by atoms with Gasteiger partial charge in [-0.2, -0.15) is 0 Å². The fourth-order valence-corrected chi connectivity index (χ4v) is 9.46. The van der Waals surface area contributed by atoms with Crippen molar-refractivity contribution in [3.8, 4) is 39.1 Å². The third-order valence-corrected chi connectivity index (χ3v) is 11.5. The van der Waals surface area contributed by atoms with Crippen molar-refractivity contribution in [2.24, 2.45) is 0 Å². The Morgan fingerprint density at radius 3 is 1.88 bits per heavy atom. The molecule has 9 aromatic rings. The molecule has 0 saturated carbocycles. The molecule has 8 aromatic carbocycles. The van der Waals surface area contributed by atoms with Gasteiger partial charge in [0.25, 0.3) is 0 Å². The van der Waals surface area contributed by atoms with Gasteiger partial charge in [-0.3, -0.25) is 4.57 Å². The SMILES string of the molecule is CCCc1nc2ccccc2n1-c1ccc(-c2cc3c(c4ccccc24)-c2cc4ccccc4cc2C32c3ccccc3-c3ccccc32)cc1. The third kappa shape index (κ3) is 3.80. The van der Waals surface area contributed by atoms with E-state index < -0.39 is 5.41 Å². The van der Waals surface area contributed by atoms with Gasteiger partial charge in [0.05, 0.1) is 16.4 Å². The molecule has 1 aromatic heterocycles. The Balaban J connectivity index is 1.21. The first kappa shape index (κ1) is 28.6. The molecule has 0 radical (unpaired) electrons. The number of hydrogen-bond acceptors (Lipinski definition) is 1. The largest absolute Gasteiger partial charge is 0.296 e. The molecule has 0 atom stereocenters. The summed E-state index contributed by atoms with van der Waals surface area (Å²) in [6.45, 7) is 2.22. The first-order valence-electron chi connectivity index (χ1n) is 18.1. The van der Waals surface area contributed by atoms with E-state index in [9.17, 15) is 0 Å². The zero-order valence-corrected chi connectivity index (χ0v) is 28.4. The minimum Gasteiger partial charge on any atom is -0.296 e. The summed E-state index contributed by atoms with van der Waals surface area (Å²) in [5, 5.41) is 5.13.